The molecule has 29 heavy (non-hydrogen) atoms. The van der Waals surface area contributed by atoms with Gasteiger partial charge in [-0.3, -0.25) is 9.78 Å². The second-order valence-electron chi connectivity index (χ2n) is 7.03. The van der Waals surface area contributed by atoms with E-state index in [9.17, 15) is 13.2 Å². The molecule has 4 rings (SSSR count). The third kappa shape index (κ3) is 4.19. The monoisotopic (exact) mass is 473 g/mol. The summed E-state index contributed by atoms with van der Waals surface area (Å²) in [7, 11) is -3.63. The molecule has 1 N–H and O–H groups in total. The highest BCUT2D eigenvalue weighted by atomic mass is 79.9. The van der Waals surface area contributed by atoms with Gasteiger partial charge in [0.2, 0.25) is 15.9 Å². The molecular weight excluding hydrogens is 454 g/mol. The third-order valence-electron chi connectivity index (χ3n) is 5.10. The maximum absolute atomic E-state index is 13.0. The van der Waals surface area contributed by atoms with Crippen LogP contribution in [0.3, 0.4) is 0 Å². The van der Waals surface area contributed by atoms with Crippen molar-refractivity contribution in [2.24, 2.45) is 5.92 Å². The third-order valence-corrected chi connectivity index (χ3v) is 7.50. The number of para-hydroxylation sites is 1. The Hall–Kier alpha value is -2.29. The van der Waals surface area contributed by atoms with Gasteiger partial charge < -0.3 is 5.32 Å². The van der Waals surface area contributed by atoms with Crippen LogP contribution in [-0.4, -0.2) is 36.7 Å². The maximum atomic E-state index is 13.0. The zero-order valence-corrected chi connectivity index (χ0v) is 18.0. The fraction of sp³-hybridized carbons (Fsp3) is 0.238. The lowest BCUT2D eigenvalue weighted by molar-refractivity contribution is -0.120. The van der Waals surface area contributed by atoms with E-state index in [1.54, 1.807) is 30.5 Å². The number of amides is 1. The topological polar surface area (TPSA) is 79.4 Å². The highest BCUT2D eigenvalue weighted by molar-refractivity contribution is 9.10. The number of fused-ring (bicyclic) bond motifs is 1. The summed E-state index contributed by atoms with van der Waals surface area (Å²) in [6.07, 6.45) is 2.98. The average Bonchev–Trinajstić information content (AvgIpc) is 2.74. The fourth-order valence-electron chi connectivity index (χ4n) is 3.57. The van der Waals surface area contributed by atoms with Crippen molar-refractivity contribution in [2.45, 2.75) is 17.7 Å². The molecule has 8 heteroatoms. The minimum absolute atomic E-state index is 0.169. The van der Waals surface area contributed by atoms with Crippen molar-refractivity contribution in [3.63, 3.8) is 0 Å². The molecule has 1 aromatic heterocycles. The first kappa shape index (κ1) is 20.0. The summed E-state index contributed by atoms with van der Waals surface area (Å²) in [5.41, 5.74) is 1.36. The summed E-state index contributed by atoms with van der Waals surface area (Å²) in [6.45, 7) is 0.584. The minimum Gasteiger partial charge on any atom is -0.324 e. The molecule has 2 aromatic carbocycles. The first-order chi connectivity index (χ1) is 13.9. The number of hydrogen-bond donors (Lipinski definition) is 1. The summed E-state index contributed by atoms with van der Waals surface area (Å²) < 4.78 is 28.2. The van der Waals surface area contributed by atoms with Crippen LogP contribution in [0.1, 0.15) is 12.8 Å². The first-order valence-corrected chi connectivity index (χ1v) is 11.6. The molecule has 1 aliphatic heterocycles. The van der Waals surface area contributed by atoms with Gasteiger partial charge in [0.15, 0.2) is 0 Å². The predicted molar refractivity (Wildman–Crippen MR) is 116 cm³/mol. The largest absolute Gasteiger partial charge is 0.324 e. The lowest BCUT2D eigenvalue weighted by Gasteiger charge is -2.31. The molecule has 1 unspecified atom stereocenters. The lowest BCUT2D eigenvalue weighted by atomic mass is 9.98. The smallest absolute Gasteiger partial charge is 0.243 e. The number of sulfonamides is 1. The van der Waals surface area contributed by atoms with Gasteiger partial charge in [-0.1, -0.05) is 34.1 Å². The zero-order valence-electron chi connectivity index (χ0n) is 15.6. The van der Waals surface area contributed by atoms with E-state index >= 15 is 0 Å². The Morgan fingerprint density at radius 1 is 1.10 bits per heavy atom. The summed E-state index contributed by atoms with van der Waals surface area (Å²) >= 11 is 3.32. The van der Waals surface area contributed by atoms with Crippen LogP contribution in [0.2, 0.25) is 0 Å². The van der Waals surface area contributed by atoms with E-state index in [0.29, 0.717) is 25.1 Å². The first-order valence-electron chi connectivity index (χ1n) is 9.35. The Morgan fingerprint density at radius 3 is 2.66 bits per heavy atom. The molecule has 3 aromatic rings. The second kappa shape index (κ2) is 8.22. The standard InChI is InChI=1S/C21H20BrN3O3S/c22-17-8-10-18(11-9-17)29(27,28)25-13-3-6-16(14-25)21(26)24-19-7-1-4-15-5-2-12-23-20(15)19/h1-2,4-5,7-12,16H,3,6,13-14H2,(H,24,26). The Morgan fingerprint density at radius 2 is 1.86 bits per heavy atom. The summed E-state index contributed by atoms with van der Waals surface area (Å²) in [5, 5.41) is 3.88. The molecule has 0 saturated carbocycles. The molecule has 0 radical (unpaired) electrons. The number of pyridine rings is 1. The second-order valence-corrected chi connectivity index (χ2v) is 9.88. The Bertz CT molecular complexity index is 1140. The normalized spacial score (nSPS) is 17.9. The molecule has 0 bridgehead atoms. The van der Waals surface area contributed by atoms with E-state index in [-0.39, 0.29) is 17.3 Å². The Kier molecular flexibility index (Phi) is 5.67. The van der Waals surface area contributed by atoms with Gasteiger partial charge in [0.05, 0.1) is 22.0 Å². The number of hydrogen-bond acceptors (Lipinski definition) is 4. The number of piperidine rings is 1. The van der Waals surface area contributed by atoms with Crippen LogP contribution in [0.4, 0.5) is 5.69 Å². The van der Waals surface area contributed by atoms with E-state index in [1.165, 1.54) is 4.31 Å². The number of halogens is 1. The quantitative estimate of drug-likeness (QED) is 0.619. The van der Waals surface area contributed by atoms with Crippen molar-refractivity contribution < 1.29 is 13.2 Å². The SMILES string of the molecule is O=C(Nc1cccc2cccnc12)C1CCCN(S(=O)(=O)c2ccc(Br)cc2)C1. The molecule has 150 valence electrons. The van der Waals surface area contributed by atoms with Gasteiger partial charge >= 0.3 is 0 Å². The minimum atomic E-state index is -3.63. The molecule has 1 atom stereocenters. The van der Waals surface area contributed by atoms with Crippen LogP contribution in [0, 0.1) is 5.92 Å². The van der Waals surface area contributed by atoms with E-state index in [0.717, 1.165) is 15.4 Å². The van der Waals surface area contributed by atoms with Gasteiger partial charge in [0.25, 0.3) is 0 Å². The zero-order chi connectivity index (χ0) is 20.4. The summed E-state index contributed by atoms with van der Waals surface area (Å²) in [5.74, 6) is -0.591. The van der Waals surface area contributed by atoms with Gasteiger partial charge in [0, 0.05) is 29.1 Å². The fourth-order valence-corrected chi connectivity index (χ4v) is 5.36. The van der Waals surface area contributed by atoms with Gasteiger partial charge in [-0.2, -0.15) is 4.31 Å². The Labute approximate surface area is 178 Å². The van der Waals surface area contributed by atoms with E-state index in [1.807, 2.05) is 30.3 Å². The van der Waals surface area contributed by atoms with Crippen molar-refractivity contribution >= 4 is 48.5 Å². The van der Waals surface area contributed by atoms with Gasteiger partial charge in [0.1, 0.15) is 0 Å². The van der Waals surface area contributed by atoms with Gasteiger partial charge in [-0.25, -0.2) is 8.42 Å². The predicted octanol–water partition coefficient (Wildman–Crippen LogP) is 4.04. The van der Waals surface area contributed by atoms with Crippen LogP contribution in [0.5, 0.6) is 0 Å². The van der Waals surface area contributed by atoms with Crippen molar-refractivity contribution in [1.82, 2.24) is 9.29 Å². The molecule has 1 fully saturated rings. The molecule has 2 heterocycles. The number of rotatable bonds is 4. The summed E-state index contributed by atoms with van der Waals surface area (Å²) in [4.78, 5) is 17.5. The highest BCUT2D eigenvalue weighted by Crippen LogP contribution is 2.27. The number of aromatic nitrogens is 1. The molecule has 0 spiro atoms. The van der Waals surface area contributed by atoms with Crippen LogP contribution >= 0.6 is 15.9 Å². The van der Waals surface area contributed by atoms with Crippen molar-refractivity contribution in [2.75, 3.05) is 18.4 Å². The van der Waals surface area contributed by atoms with Crippen LogP contribution in [-0.2, 0) is 14.8 Å². The van der Waals surface area contributed by atoms with E-state index < -0.39 is 15.9 Å². The van der Waals surface area contributed by atoms with Crippen LogP contribution in [0.15, 0.2) is 70.2 Å². The van der Waals surface area contributed by atoms with Crippen molar-refractivity contribution in [3.05, 3.63) is 65.3 Å². The van der Waals surface area contributed by atoms with Crippen molar-refractivity contribution in [1.29, 1.82) is 0 Å². The van der Waals surface area contributed by atoms with Crippen molar-refractivity contribution in [3.8, 4) is 0 Å². The molecular formula is C21H20BrN3O3S. The van der Waals surface area contributed by atoms with Crippen LogP contribution < -0.4 is 5.32 Å². The Balaban J connectivity index is 1.52. The number of nitrogens with one attached hydrogen (secondary N) is 1. The maximum Gasteiger partial charge on any atom is 0.243 e. The lowest BCUT2D eigenvalue weighted by Crippen LogP contribution is -2.43. The summed E-state index contributed by atoms with van der Waals surface area (Å²) in [6, 6.07) is 16.0. The number of anilines is 1. The van der Waals surface area contributed by atoms with Crippen LogP contribution in [0.25, 0.3) is 10.9 Å². The molecule has 1 amide bonds. The number of nitrogens with zero attached hydrogens (tertiary/aromatic N) is 2. The molecule has 0 aliphatic carbocycles. The van der Waals surface area contributed by atoms with Gasteiger partial charge in [-0.15, -0.1) is 0 Å². The van der Waals surface area contributed by atoms with E-state index in [2.05, 4.69) is 26.2 Å². The van der Waals surface area contributed by atoms with E-state index in [4.69, 9.17) is 0 Å². The average molecular weight is 474 g/mol. The molecule has 1 saturated heterocycles. The van der Waals surface area contributed by atoms with Gasteiger partial charge in [-0.05, 0) is 49.2 Å². The highest BCUT2D eigenvalue weighted by Gasteiger charge is 2.33. The molecule has 1 aliphatic rings. The number of benzene rings is 2. The molecule has 6 nitrogen and oxygen atoms in total. The number of carbonyl (C=O) groups is 1. The number of carbonyl (C=O) groups excluding carboxylic acids is 1.